The number of carbonyl (C=O) groups is 2. The van der Waals surface area contributed by atoms with E-state index in [1.165, 1.54) is 0 Å². The number of hydrogen-bond donors (Lipinski definition) is 0. The molecular formula is C10H11F3O3. The summed E-state index contributed by atoms with van der Waals surface area (Å²) in [5, 5.41) is 0. The molecule has 0 amide bonds. The molecular weight excluding hydrogens is 225 g/mol. The molecule has 0 heterocycles. The third-order valence-electron chi connectivity index (χ3n) is 3.53. The molecule has 6 heteroatoms. The summed E-state index contributed by atoms with van der Waals surface area (Å²) in [6.07, 6.45) is -2.81. The molecule has 2 aliphatic carbocycles. The van der Waals surface area contributed by atoms with E-state index in [1.54, 1.807) is 0 Å². The fourth-order valence-corrected chi connectivity index (χ4v) is 2.56. The van der Waals surface area contributed by atoms with Crippen molar-refractivity contribution in [2.75, 3.05) is 6.61 Å². The van der Waals surface area contributed by atoms with Crippen molar-refractivity contribution in [3.63, 3.8) is 0 Å². The lowest BCUT2D eigenvalue weighted by atomic mass is 9.62. The second-order valence-corrected chi connectivity index (χ2v) is 4.41. The fourth-order valence-electron chi connectivity index (χ4n) is 2.56. The van der Waals surface area contributed by atoms with E-state index in [2.05, 4.69) is 4.74 Å². The first-order valence-corrected chi connectivity index (χ1v) is 5.12. The maximum atomic E-state index is 11.9. The number of carbonyl (C=O) groups excluding carboxylic acids is 2. The lowest BCUT2D eigenvalue weighted by Crippen LogP contribution is -2.46. The van der Waals surface area contributed by atoms with Crippen LogP contribution >= 0.6 is 0 Å². The molecule has 0 saturated heterocycles. The van der Waals surface area contributed by atoms with Gasteiger partial charge in [0.25, 0.3) is 0 Å². The van der Waals surface area contributed by atoms with Gasteiger partial charge in [-0.25, -0.2) is 0 Å². The Morgan fingerprint density at radius 2 is 2.12 bits per heavy atom. The Balaban J connectivity index is 1.98. The zero-order chi connectivity index (χ0) is 12.0. The van der Waals surface area contributed by atoms with E-state index in [-0.39, 0.29) is 12.2 Å². The van der Waals surface area contributed by atoms with Gasteiger partial charge in [-0.2, -0.15) is 13.2 Å². The maximum absolute atomic E-state index is 11.9. The monoisotopic (exact) mass is 236 g/mol. The Morgan fingerprint density at radius 1 is 1.44 bits per heavy atom. The van der Waals surface area contributed by atoms with Crippen LogP contribution in [-0.4, -0.2) is 24.5 Å². The van der Waals surface area contributed by atoms with Crippen molar-refractivity contribution in [2.24, 2.45) is 11.3 Å². The minimum atomic E-state index is -4.51. The van der Waals surface area contributed by atoms with Crippen molar-refractivity contribution >= 4 is 11.8 Å². The first-order valence-electron chi connectivity index (χ1n) is 5.12. The van der Waals surface area contributed by atoms with Gasteiger partial charge in [0.15, 0.2) is 6.61 Å². The average Bonchev–Trinajstić information content (AvgIpc) is 2.33. The molecule has 0 aliphatic heterocycles. The molecule has 2 saturated carbocycles. The van der Waals surface area contributed by atoms with Gasteiger partial charge < -0.3 is 4.74 Å². The number of alkyl halides is 3. The van der Waals surface area contributed by atoms with Gasteiger partial charge in [-0.3, -0.25) is 9.59 Å². The molecule has 0 aromatic carbocycles. The van der Waals surface area contributed by atoms with Crippen LogP contribution in [0.2, 0.25) is 0 Å². The first-order chi connectivity index (χ1) is 7.35. The van der Waals surface area contributed by atoms with E-state index < -0.39 is 30.1 Å². The predicted molar refractivity (Wildman–Crippen MR) is 46.4 cm³/mol. The average molecular weight is 236 g/mol. The summed E-state index contributed by atoms with van der Waals surface area (Å²) >= 11 is 0. The SMILES string of the molecule is O=C1CC[C@]2(C(=O)OCC(F)(F)F)CC[C@H]12. The Hall–Kier alpha value is -1.07. The summed E-state index contributed by atoms with van der Waals surface area (Å²) < 4.78 is 39.9. The second-order valence-electron chi connectivity index (χ2n) is 4.41. The number of rotatable bonds is 2. The molecule has 0 aromatic rings. The molecule has 0 bridgehead atoms. The van der Waals surface area contributed by atoms with E-state index in [1.807, 2.05) is 0 Å². The topological polar surface area (TPSA) is 43.4 Å². The third-order valence-corrected chi connectivity index (χ3v) is 3.53. The van der Waals surface area contributed by atoms with Gasteiger partial charge in [-0.1, -0.05) is 0 Å². The van der Waals surface area contributed by atoms with Crippen molar-refractivity contribution in [1.29, 1.82) is 0 Å². The van der Waals surface area contributed by atoms with Crippen LogP contribution in [0.4, 0.5) is 13.2 Å². The first kappa shape index (κ1) is 11.4. The van der Waals surface area contributed by atoms with E-state index in [0.29, 0.717) is 19.3 Å². The number of halogens is 3. The van der Waals surface area contributed by atoms with E-state index >= 15 is 0 Å². The quantitative estimate of drug-likeness (QED) is 0.687. The van der Waals surface area contributed by atoms with Crippen LogP contribution in [-0.2, 0) is 14.3 Å². The van der Waals surface area contributed by atoms with Crippen LogP contribution in [0, 0.1) is 11.3 Å². The Labute approximate surface area is 89.9 Å². The summed E-state index contributed by atoms with van der Waals surface area (Å²) in [7, 11) is 0. The number of fused-ring (bicyclic) bond motifs is 1. The fraction of sp³-hybridized carbons (Fsp3) is 0.800. The second kappa shape index (κ2) is 3.46. The zero-order valence-electron chi connectivity index (χ0n) is 8.47. The molecule has 0 radical (unpaired) electrons. The van der Waals surface area contributed by atoms with Crippen molar-refractivity contribution in [3.8, 4) is 0 Å². The number of Topliss-reactive ketones (excluding diaryl/α,β-unsaturated/α-hetero) is 1. The normalized spacial score (nSPS) is 33.2. The van der Waals surface area contributed by atoms with Crippen molar-refractivity contribution < 1.29 is 27.5 Å². The smallest absolute Gasteiger partial charge is 0.422 e. The molecule has 2 atom stereocenters. The lowest BCUT2D eigenvalue weighted by molar-refractivity contribution is -0.199. The van der Waals surface area contributed by atoms with Crippen LogP contribution < -0.4 is 0 Å². The molecule has 16 heavy (non-hydrogen) atoms. The minimum absolute atomic E-state index is 0.0183. The predicted octanol–water partition coefficient (Wildman–Crippen LogP) is 1.85. The van der Waals surface area contributed by atoms with Gasteiger partial charge >= 0.3 is 12.1 Å². The van der Waals surface area contributed by atoms with Gasteiger partial charge in [-0.05, 0) is 19.3 Å². The number of ether oxygens (including phenoxy) is 1. The van der Waals surface area contributed by atoms with Crippen molar-refractivity contribution in [3.05, 3.63) is 0 Å². The lowest BCUT2D eigenvalue weighted by Gasteiger charge is -2.41. The molecule has 0 aromatic heterocycles. The van der Waals surface area contributed by atoms with Gasteiger partial charge in [0.05, 0.1) is 5.41 Å². The summed E-state index contributed by atoms with van der Waals surface area (Å²) in [6.45, 7) is -1.56. The third kappa shape index (κ3) is 1.70. The number of ketones is 1. The van der Waals surface area contributed by atoms with E-state index in [4.69, 9.17) is 0 Å². The molecule has 0 unspecified atom stereocenters. The van der Waals surface area contributed by atoms with Crippen molar-refractivity contribution in [1.82, 2.24) is 0 Å². The Bertz CT molecular complexity index is 337. The highest BCUT2D eigenvalue weighted by molar-refractivity contribution is 5.94. The van der Waals surface area contributed by atoms with E-state index in [0.717, 1.165) is 0 Å². The molecule has 90 valence electrons. The van der Waals surface area contributed by atoms with Crippen LogP contribution in [0.15, 0.2) is 0 Å². The van der Waals surface area contributed by atoms with Gasteiger partial charge in [0, 0.05) is 12.3 Å². The van der Waals surface area contributed by atoms with E-state index in [9.17, 15) is 22.8 Å². The van der Waals surface area contributed by atoms with Crippen molar-refractivity contribution in [2.45, 2.75) is 31.9 Å². The Morgan fingerprint density at radius 3 is 2.56 bits per heavy atom. The summed E-state index contributed by atoms with van der Waals surface area (Å²) in [5.41, 5.74) is -0.928. The van der Waals surface area contributed by atoms with Gasteiger partial charge in [0.1, 0.15) is 5.78 Å². The standard InChI is InChI=1S/C10H11F3O3/c11-10(12,13)5-16-8(15)9-3-1-6(9)7(14)2-4-9/h6H,1-5H2/t6-,9-/m1/s1. The summed E-state index contributed by atoms with van der Waals surface area (Å²) in [5.74, 6) is -1.27. The van der Waals surface area contributed by atoms with Gasteiger partial charge in [0.2, 0.25) is 0 Å². The highest BCUT2D eigenvalue weighted by Crippen LogP contribution is 2.56. The highest BCUT2D eigenvalue weighted by atomic mass is 19.4. The molecule has 0 N–H and O–H groups in total. The molecule has 2 fully saturated rings. The summed E-state index contributed by atoms with van der Waals surface area (Å²) in [4.78, 5) is 22.9. The molecule has 2 rings (SSSR count). The highest BCUT2D eigenvalue weighted by Gasteiger charge is 2.60. The van der Waals surface area contributed by atoms with Crippen LogP contribution in [0.25, 0.3) is 0 Å². The summed E-state index contributed by atoms with van der Waals surface area (Å²) in [6, 6.07) is 0. The molecule has 2 aliphatic rings. The van der Waals surface area contributed by atoms with Gasteiger partial charge in [-0.15, -0.1) is 0 Å². The minimum Gasteiger partial charge on any atom is -0.456 e. The molecule has 0 spiro atoms. The maximum Gasteiger partial charge on any atom is 0.422 e. The van der Waals surface area contributed by atoms with Crippen LogP contribution in [0.5, 0.6) is 0 Å². The molecule has 3 nitrogen and oxygen atoms in total. The van der Waals surface area contributed by atoms with Crippen LogP contribution in [0.3, 0.4) is 0 Å². The Kier molecular flexibility index (Phi) is 2.47. The number of hydrogen-bond acceptors (Lipinski definition) is 3. The zero-order valence-corrected chi connectivity index (χ0v) is 8.47. The largest absolute Gasteiger partial charge is 0.456 e. The number of esters is 1. The van der Waals surface area contributed by atoms with Crippen LogP contribution in [0.1, 0.15) is 25.7 Å².